The van der Waals surface area contributed by atoms with Crippen LogP contribution in [0, 0.1) is 6.92 Å². The third-order valence-electron chi connectivity index (χ3n) is 2.04. The molecule has 0 amide bonds. The molecule has 0 aliphatic carbocycles. The molecular formula is C9H13N3O2S2. The number of hydrogen-bond donors (Lipinski definition) is 2. The summed E-state index contributed by atoms with van der Waals surface area (Å²) in [5.41, 5.74) is 6.50. The number of nitrogens with one attached hydrogen (secondary N) is 1. The minimum absolute atomic E-state index is 0.0624. The maximum atomic E-state index is 11.7. The van der Waals surface area contributed by atoms with Crippen LogP contribution in [0.2, 0.25) is 0 Å². The highest BCUT2D eigenvalue weighted by Crippen LogP contribution is 2.11. The topological polar surface area (TPSA) is 85.1 Å². The average Bonchev–Trinajstić information content (AvgIpc) is 2.20. The van der Waals surface area contributed by atoms with E-state index in [-0.39, 0.29) is 4.99 Å². The Balaban J connectivity index is 2.89. The number of nitrogens with zero attached hydrogens (tertiary/aromatic N) is 1. The molecule has 0 aromatic carbocycles. The van der Waals surface area contributed by atoms with Crippen molar-refractivity contribution in [2.75, 3.05) is 4.72 Å². The zero-order valence-electron chi connectivity index (χ0n) is 8.97. The molecular weight excluding hydrogens is 246 g/mol. The largest absolute Gasteiger partial charge is 0.392 e. The van der Waals surface area contributed by atoms with Crippen LogP contribution in [0.3, 0.4) is 0 Å². The van der Waals surface area contributed by atoms with E-state index in [2.05, 4.69) is 21.9 Å². The third-order valence-corrected chi connectivity index (χ3v) is 4.25. The molecule has 16 heavy (non-hydrogen) atoms. The van der Waals surface area contributed by atoms with E-state index in [4.69, 9.17) is 5.73 Å². The summed E-state index contributed by atoms with van der Waals surface area (Å²) in [6, 6.07) is 3.34. The van der Waals surface area contributed by atoms with Crippen molar-refractivity contribution < 1.29 is 8.42 Å². The Morgan fingerprint density at radius 2 is 2.19 bits per heavy atom. The van der Waals surface area contributed by atoms with Gasteiger partial charge in [-0.1, -0.05) is 12.2 Å². The minimum atomic E-state index is -3.58. The number of anilines is 1. The van der Waals surface area contributed by atoms with Gasteiger partial charge in [0.25, 0.3) is 0 Å². The second-order valence-corrected chi connectivity index (χ2v) is 5.85. The number of rotatable bonds is 4. The van der Waals surface area contributed by atoms with Crippen LogP contribution in [0.5, 0.6) is 0 Å². The van der Waals surface area contributed by atoms with Crippen molar-refractivity contribution in [3.8, 4) is 0 Å². The zero-order valence-corrected chi connectivity index (χ0v) is 10.6. The molecule has 1 aromatic rings. The fraction of sp³-hybridized carbons (Fsp3) is 0.333. The summed E-state index contributed by atoms with van der Waals surface area (Å²) in [7, 11) is -3.58. The predicted octanol–water partition coefficient (Wildman–Crippen LogP) is 0.806. The first kappa shape index (κ1) is 12.9. The number of pyridine rings is 1. The molecule has 3 N–H and O–H groups in total. The summed E-state index contributed by atoms with van der Waals surface area (Å²) in [4.78, 5) is 3.91. The van der Waals surface area contributed by atoms with E-state index >= 15 is 0 Å². The lowest BCUT2D eigenvalue weighted by Gasteiger charge is -2.13. The summed E-state index contributed by atoms with van der Waals surface area (Å²) in [6.45, 7) is 3.25. The predicted molar refractivity (Wildman–Crippen MR) is 67.8 cm³/mol. The van der Waals surface area contributed by atoms with E-state index in [1.54, 1.807) is 12.1 Å². The van der Waals surface area contributed by atoms with E-state index in [1.807, 2.05) is 6.92 Å². The van der Waals surface area contributed by atoms with Crippen molar-refractivity contribution in [3.63, 3.8) is 0 Å². The Labute approximate surface area is 100 Å². The van der Waals surface area contributed by atoms with Crippen molar-refractivity contribution in [3.05, 3.63) is 24.0 Å². The monoisotopic (exact) mass is 259 g/mol. The number of aromatic nitrogens is 1. The number of thiocarbonyl (C=S) groups is 1. The van der Waals surface area contributed by atoms with Crippen LogP contribution in [-0.2, 0) is 10.0 Å². The van der Waals surface area contributed by atoms with Gasteiger partial charge in [0, 0.05) is 5.69 Å². The number of hydrogen-bond acceptors (Lipinski definition) is 4. The van der Waals surface area contributed by atoms with Crippen LogP contribution < -0.4 is 10.5 Å². The molecule has 0 saturated carbocycles. The van der Waals surface area contributed by atoms with Crippen molar-refractivity contribution in [2.45, 2.75) is 19.1 Å². The van der Waals surface area contributed by atoms with Gasteiger partial charge in [0.05, 0.1) is 16.9 Å². The SMILES string of the molecule is Cc1ccc(NS(=O)(=O)C(C)C(N)=S)cn1. The van der Waals surface area contributed by atoms with Gasteiger partial charge in [-0.15, -0.1) is 0 Å². The molecule has 88 valence electrons. The van der Waals surface area contributed by atoms with Crippen LogP contribution in [0.4, 0.5) is 5.69 Å². The summed E-state index contributed by atoms with van der Waals surface area (Å²) >= 11 is 4.65. The van der Waals surface area contributed by atoms with Gasteiger partial charge in [0.2, 0.25) is 10.0 Å². The highest BCUT2D eigenvalue weighted by molar-refractivity contribution is 7.95. The highest BCUT2D eigenvalue weighted by Gasteiger charge is 2.23. The van der Waals surface area contributed by atoms with Gasteiger partial charge in [-0.25, -0.2) is 8.42 Å². The first-order valence-electron chi connectivity index (χ1n) is 4.56. The maximum Gasteiger partial charge on any atom is 0.241 e. The number of nitrogens with two attached hydrogens (primary N) is 1. The van der Waals surface area contributed by atoms with Crippen LogP contribution in [-0.4, -0.2) is 23.6 Å². The van der Waals surface area contributed by atoms with Crippen LogP contribution in [0.25, 0.3) is 0 Å². The summed E-state index contributed by atoms with van der Waals surface area (Å²) in [5, 5.41) is -0.913. The molecule has 7 heteroatoms. The van der Waals surface area contributed by atoms with Gasteiger partial charge < -0.3 is 5.73 Å². The first-order chi connectivity index (χ1) is 7.33. The Kier molecular flexibility index (Phi) is 3.82. The van der Waals surface area contributed by atoms with Crippen molar-refractivity contribution in [1.82, 2.24) is 4.98 Å². The quantitative estimate of drug-likeness (QED) is 0.781. The van der Waals surface area contributed by atoms with E-state index in [0.717, 1.165) is 5.69 Å². The summed E-state index contributed by atoms with van der Waals surface area (Å²) in [6.07, 6.45) is 1.44. The zero-order chi connectivity index (χ0) is 12.3. The number of sulfonamides is 1. The first-order valence-corrected chi connectivity index (χ1v) is 6.52. The molecule has 0 aliphatic rings. The number of aryl methyl sites for hydroxylation is 1. The van der Waals surface area contributed by atoms with Gasteiger partial charge in [0.15, 0.2) is 0 Å². The van der Waals surface area contributed by atoms with Crippen molar-refractivity contribution >= 4 is 32.9 Å². The lowest BCUT2D eigenvalue weighted by molar-refractivity contribution is 0.598. The van der Waals surface area contributed by atoms with Gasteiger partial charge in [-0.2, -0.15) is 0 Å². The van der Waals surface area contributed by atoms with Crippen molar-refractivity contribution in [1.29, 1.82) is 0 Å². The average molecular weight is 259 g/mol. The van der Waals surface area contributed by atoms with Gasteiger partial charge >= 0.3 is 0 Å². The van der Waals surface area contributed by atoms with E-state index in [1.165, 1.54) is 13.1 Å². The van der Waals surface area contributed by atoms with Crippen LogP contribution in [0.15, 0.2) is 18.3 Å². The molecule has 0 radical (unpaired) electrons. The molecule has 0 bridgehead atoms. The third kappa shape index (κ3) is 3.14. The van der Waals surface area contributed by atoms with Gasteiger partial charge in [-0.3, -0.25) is 9.71 Å². The Bertz CT molecular complexity index is 482. The molecule has 1 heterocycles. The van der Waals surface area contributed by atoms with E-state index < -0.39 is 15.3 Å². The molecule has 0 aliphatic heterocycles. The van der Waals surface area contributed by atoms with Crippen LogP contribution >= 0.6 is 12.2 Å². The fourth-order valence-corrected chi connectivity index (χ4v) is 2.25. The molecule has 1 aromatic heterocycles. The standard InChI is InChI=1S/C9H13N3O2S2/c1-6-3-4-8(5-11-6)12-16(13,14)7(2)9(10)15/h3-5,7,12H,1-2H3,(H2,10,15). The maximum absolute atomic E-state index is 11.7. The Morgan fingerprint density at radius 1 is 1.56 bits per heavy atom. The second-order valence-electron chi connectivity index (χ2n) is 3.38. The van der Waals surface area contributed by atoms with Crippen molar-refractivity contribution in [2.24, 2.45) is 5.73 Å². The highest BCUT2D eigenvalue weighted by atomic mass is 32.2. The normalized spacial score (nSPS) is 13.1. The van der Waals surface area contributed by atoms with Crippen LogP contribution in [0.1, 0.15) is 12.6 Å². The van der Waals surface area contributed by atoms with E-state index in [9.17, 15) is 8.42 Å². The summed E-state index contributed by atoms with van der Waals surface area (Å²) < 4.78 is 25.8. The molecule has 0 saturated heterocycles. The molecule has 1 rings (SSSR count). The smallest absolute Gasteiger partial charge is 0.241 e. The minimum Gasteiger partial charge on any atom is -0.392 e. The second kappa shape index (κ2) is 4.75. The molecule has 1 atom stereocenters. The Hall–Kier alpha value is -1.21. The fourth-order valence-electron chi connectivity index (χ4n) is 0.934. The molecule has 1 unspecified atom stereocenters. The van der Waals surface area contributed by atoms with E-state index in [0.29, 0.717) is 5.69 Å². The van der Waals surface area contributed by atoms with Gasteiger partial charge in [0.1, 0.15) is 5.25 Å². The molecule has 0 fully saturated rings. The lowest BCUT2D eigenvalue weighted by Crippen LogP contribution is -2.35. The summed E-state index contributed by atoms with van der Waals surface area (Å²) in [5.74, 6) is 0. The molecule has 0 spiro atoms. The molecule has 5 nitrogen and oxygen atoms in total. The van der Waals surface area contributed by atoms with Gasteiger partial charge in [-0.05, 0) is 26.0 Å². The lowest BCUT2D eigenvalue weighted by atomic mass is 10.4. The Morgan fingerprint density at radius 3 is 2.62 bits per heavy atom.